The van der Waals surface area contributed by atoms with Crippen LogP contribution < -0.4 is 0 Å². The molecule has 1 aliphatic rings. The lowest BCUT2D eigenvalue weighted by Gasteiger charge is -2.37. The summed E-state index contributed by atoms with van der Waals surface area (Å²) in [4.78, 5) is 14.6. The minimum Gasteiger partial charge on any atom is -0.294 e. The normalized spacial score (nSPS) is 19.4. The number of carbonyl (C=O) groups is 1. The van der Waals surface area contributed by atoms with Gasteiger partial charge >= 0.3 is 0 Å². The van der Waals surface area contributed by atoms with Crippen LogP contribution in [0.2, 0.25) is 0 Å². The Balaban J connectivity index is 2.02. The summed E-state index contributed by atoms with van der Waals surface area (Å²) in [6.07, 6.45) is 0. The summed E-state index contributed by atoms with van der Waals surface area (Å²) in [5, 5.41) is 0. The summed E-state index contributed by atoms with van der Waals surface area (Å²) < 4.78 is 0.266. The number of Topliss-reactive ketones (excluding diaryl/α,β-unsaturated/α-hetero) is 1. The van der Waals surface area contributed by atoms with Gasteiger partial charge in [-0.25, -0.2) is 0 Å². The van der Waals surface area contributed by atoms with Gasteiger partial charge in [0, 0.05) is 29.2 Å². The molecule has 0 bridgehead atoms. The summed E-state index contributed by atoms with van der Waals surface area (Å²) in [5.74, 6) is 1.36. The van der Waals surface area contributed by atoms with Crippen molar-refractivity contribution in [3.63, 3.8) is 0 Å². The Hall–Kier alpha value is -0.800. The van der Waals surface area contributed by atoms with Gasteiger partial charge in [0.2, 0.25) is 0 Å². The Morgan fingerprint density at radius 2 is 2.05 bits per heavy atom. The van der Waals surface area contributed by atoms with E-state index in [0.717, 1.165) is 24.4 Å². The molecule has 0 unspecified atom stereocenters. The lowest BCUT2D eigenvalue weighted by Crippen LogP contribution is -2.45. The van der Waals surface area contributed by atoms with Crippen LogP contribution in [0, 0.1) is 13.8 Å². The average Bonchev–Trinajstić information content (AvgIpc) is 2.31. The first-order valence-corrected chi connectivity index (χ1v) is 7.83. The number of thioether (sulfide) groups is 1. The number of aryl methyl sites for hydroxylation is 2. The summed E-state index contributed by atoms with van der Waals surface area (Å²) in [7, 11) is 0. The minimum absolute atomic E-state index is 0.241. The fraction of sp³-hybridized carbons (Fsp3) is 0.562. The zero-order chi connectivity index (χ0) is 14.0. The van der Waals surface area contributed by atoms with Gasteiger partial charge < -0.3 is 0 Å². The maximum atomic E-state index is 12.3. The van der Waals surface area contributed by atoms with Crippen molar-refractivity contribution in [3.8, 4) is 0 Å². The molecular formula is C16H23NOS. The lowest BCUT2D eigenvalue weighted by atomic mass is 10.0. The molecule has 2 rings (SSSR count). The third-order valence-corrected chi connectivity index (χ3v) is 5.00. The van der Waals surface area contributed by atoms with Crippen molar-refractivity contribution in [1.82, 2.24) is 4.90 Å². The quantitative estimate of drug-likeness (QED) is 0.791. The molecule has 2 nitrogen and oxygen atoms in total. The Kier molecular flexibility index (Phi) is 4.36. The van der Waals surface area contributed by atoms with Gasteiger partial charge in [0.15, 0.2) is 5.78 Å². The third kappa shape index (κ3) is 3.83. The molecule has 0 radical (unpaired) electrons. The van der Waals surface area contributed by atoms with Crippen LogP contribution in [0.3, 0.4) is 0 Å². The SMILES string of the molecule is Cc1ccc(C(=O)CN2CCSC(C)(C)C2)cc1C. The maximum absolute atomic E-state index is 12.3. The van der Waals surface area contributed by atoms with Gasteiger partial charge in [0.05, 0.1) is 6.54 Å². The van der Waals surface area contributed by atoms with Crippen molar-refractivity contribution >= 4 is 17.5 Å². The van der Waals surface area contributed by atoms with E-state index in [9.17, 15) is 4.79 Å². The molecule has 0 aliphatic carbocycles. The number of rotatable bonds is 3. The van der Waals surface area contributed by atoms with E-state index in [1.54, 1.807) is 0 Å². The smallest absolute Gasteiger partial charge is 0.176 e. The van der Waals surface area contributed by atoms with Crippen LogP contribution in [0.4, 0.5) is 0 Å². The van der Waals surface area contributed by atoms with Gasteiger partial charge in [-0.15, -0.1) is 0 Å². The average molecular weight is 277 g/mol. The van der Waals surface area contributed by atoms with Crippen molar-refractivity contribution in [2.45, 2.75) is 32.4 Å². The van der Waals surface area contributed by atoms with Gasteiger partial charge in [-0.05, 0) is 44.9 Å². The molecule has 3 heteroatoms. The lowest BCUT2D eigenvalue weighted by molar-refractivity contribution is 0.0927. The van der Waals surface area contributed by atoms with E-state index >= 15 is 0 Å². The fourth-order valence-corrected chi connectivity index (χ4v) is 3.63. The van der Waals surface area contributed by atoms with E-state index in [4.69, 9.17) is 0 Å². The summed E-state index contributed by atoms with van der Waals surface area (Å²) >= 11 is 2.00. The number of ketones is 1. The van der Waals surface area contributed by atoms with Gasteiger partial charge in [-0.2, -0.15) is 11.8 Å². The van der Waals surface area contributed by atoms with Gasteiger partial charge in [-0.3, -0.25) is 9.69 Å². The van der Waals surface area contributed by atoms with Crippen molar-refractivity contribution in [3.05, 3.63) is 34.9 Å². The number of nitrogens with zero attached hydrogens (tertiary/aromatic N) is 1. The number of carbonyl (C=O) groups excluding carboxylic acids is 1. The second-order valence-corrected chi connectivity index (χ2v) is 7.84. The molecule has 19 heavy (non-hydrogen) atoms. The van der Waals surface area contributed by atoms with E-state index in [2.05, 4.69) is 32.6 Å². The molecule has 0 saturated carbocycles. The highest BCUT2D eigenvalue weighted by Gasteiger charge is 2.28. The predicted octanol–water partition coefficient (Wildman–Crippen LogP) is 3.31. The summed E-state index contributed by atoms with van der Waals surface area (Å²) in [5.41, 5.74) is 3.28. The second-order valence-electron chi connectivity index (χ2n) is 6.04. The number of hydrogen-bond donors (Lipinski definition) is 0. The Morgan fingerprint density at radius 1 is 1.32 bits per heavy atom. The monoisotopic (exact) mass is 277 g/mol. The van der Waals surface area contributed by atoms with Crippen LogP contribution in [0.1, 0.15) is 35.3 Å². The molecule has 0 amide bonds. The van der Waals surface area contributed by atoms with Crippen LogP contribution >= 0.6 is 11.8 Å². The van der Waals surface area contributed by atoms with E-state index in [1.165, 1.54) is 11.1 Å². The molecule has 104 valence electrons. The number of hydrogen-bond acceptors (Lipinski definition) is 3. The fourth-order valence-electron chi connectivity index (χ4n) is 2.46. The van der Waals surface area contributed by atoms with Gasteiger partial charge in [0.25, 0.3) is 0 Å². The molecule has 1 fully saturated rings. The molecule has 1 heterocycles. The first kappa shape index (κ1) is 14.6. The molecule has 1 saturated heterocycles. The predicted molar refractivity (Wildman–Crippen MR) is 83.2 cm³/mol. The van der Waals surface area contributed by atoms with Crippen LogP contribution in [-0.2, 0) is 0 Å². The topological polar surface area (TPSA) is 20.3 Å². The highest BCUT2D eigenvalue weighted by Crippen LogP contribution is 2.29. The largest absolute Gasteiger partial charge is 0.294 e. The van der Waals surface area contributed by atoms with Crippen LogP contribution in [-0.4, -0.2) is 40.8 Å². The molecule has 0 spiro atoms. The Bertz CT molecular complexity index is 482. The molecule has 1 aromatic rings. The van der Waals surface area contributed by atoms with Crippen molar-refractivity contribution in [1.29, 1.82) is 0 Å². The molecular weight excluding hydrogens is 254 g/mol. The molecule has 1 aliphatic heterocycles. The Labute approximate surface area is 120 Å². The van der Waals surface area contributed by atoms with Crippen LogP contribution in [0.25, 0.3) is 0 Å². The zero-order valence-corrected chi connectivity index (χ0v) is 13.1. The minimum atomic E-state index is 0.241. The van der Waals surface area contributed by atoms with E-state index in [-0.39, 0.29) is 10.5 Å². The first-order valence-electron chi connectivity index (χ1n) is 6.84. The van der Waals surface area contributed by atoms with Gasteiger partial charge in [0.1, 0.15) is 0 Å². The third-order valence-electron chi connectivity index (χ3n) is 3.70. The molecule has 1 aromatic carbocycles. The summed E-state index contributed by atoms with van der Waals surface area (Å²) in [6.45, 7) is 11.2. The van der Waals surface area contributed by atoms with Crippen molar-refractivity contribution < 1.29 is 4.79 Å². The van der Waals surface area contributed by atoms with Crippen LogP contribution in [0.5, 0.6) is 0 Å². The molecule has 0 aromatic heterocycles. The van der Waals surface area contributed by atoms with E-state index in [0.29, 0.717) is 6.54 Å². The first-order chi connectivity index (χ1) is 8.87. The van der Waals surface area contributed by atoms with Crippen molar-refractivity contribution in [2.75, 3.05) is 25.4 Å². The zero-order valence-electron chi connectivity index (χ0n) is 12.3. The second kappa shape index (κ2) is 5.68. The Morgan fingerprint density at radius 3 is 2.68 bits per heavy atom. The van der Waals surface area contributed by atoms with E-state index < -0.39 is 0 Å². The van der Waals surface area contributed by atoms with Crippen molar-refractivity contribution in [2.24, 2.45) is 0 Å². The van der Waals surface area contributed by atoms with E-state index in [1.807, 2.05) is 30.0 Å². The highest BCUT2D eigenvalue weighted by molar-refractivity contribution is 8.00. The van der Waals surface area contributed by atoms with Crippen LogP contribution in [0.15, 0.2) is 18.2 Å². The van der Waals surface area contributed by atoms with Gasteiger partial charge in [-0.1, -0.05) is 12.1 Å². The summed E-state index contributed by atoms with van der Waals surface area (Å²) in [6, 6.07) is 6.01. The molecule has 0 N–H and O–H groups in total. The number of benzene rings is 1. The highest BCUT2D eigenvalue weighted by atomic mass is 32.2. The standard InChI is InChI=1S/C16H23NOS/c1-12-5-6-14(9-13(12)2)15(18)10-17-7-8-19-16(3,4)11-17/h5-6,9H,7-8,10-11H2,1-4H3. The maximum Gasteiger partial charge on any atom is 0.176 e. The molecule has 0 atom stereocenters.